The summed E-state index contributed by atoms with van der Waals surface area (Å²) in [6.07, 6.45) is 26.8. The highest BCUT2D eigenvalue weighted by molar-refractivity contribution is 4.65. The van der Waals surface area contributed by atoms with Crippen LogP contribution in [-0.4, -0.2) is 24.5 Å². The molecule has 2 rings (SSSR count). The second kappa shape index (κ2) is 13.3. The molecule has 0 aliphatic carbocycles. The van der Waals surface area contributed by atoms with E-state index in [-0.39, 0.29) is 0 Å². The van der Waals surface area contributed by atoms with Crippen LogP contribution in [0.25, 0.3) is 0 Å². The molecule has 2 aliphatic rings. The fraction of sp³-hybridized carbons (Fsp3) is 1.00. The van der Waals surface area contributed by atoms with Gasteiger partial charge in [-0.1, -0.05) is 96.3 Å². The van der Waals surface area contributed by atoms with Crippen molar-refractivity contribution in [3.05, 3.63) is 0 Å². The Hall–Kier alpha value is -0.0400. The molecular formula is C22H43N. The van der Waals surface area contributed by atoms with Gasteiger partial charge in [0.15, 0.2) is 0 Å². The predicted octanol–water partition coefficient (Wildman–Crippen LogP) is 6.95. The molecule has 2 aliphatic heterocycles. The molecule has 0 spiro atoms. The summed E-state index contributed by atoms with van der Waals surface area (Å²) in [5.74, 6) is 1.06. The van der Waals surface area contributed by atoms with Gasteiger partial charge in [-0.05, 0) is 44.8 Å². The lowest BCUT2D eigenvalue weighted by Gasteiger charge is -2.22. The van der Waals surface area contributed by atoms with Crippen molar-refractivity contribution in [1.29, 1.82) is 0 Å². The van der Waals surface area contributed by atoms with Crippen molar-refractivity contribution in [2.45, 2.75) is 116 Å². The topological polar surface area (TPSA) is 3.24 Å². The van der Waals surface area contributed by atoms with Crippen molar-refractivity contribution in [1.82, 2.24) is 4.90 Å². The van der Waals surface area contributed by atoms with E-state index in [2.05, 4.69) is 4.90 Å². The molecule has 0 amide bonds. The first-order valence-corrected chi connectivity index (χ1v) is 11.2. The van der Waals surface area contributed by atoms with E-state index in [1.165, 1.54) is 135 Å². The molecule has 23 heavy (non-hydrogen) atoms. The van der Waals surface area contributed by atoms with Gasteiger partial charge >= 0.3 is 0 Å². The van der Waals surface area contributed by atoms with Crippen molar-refractivity contribution in [2.24, 2.45) is 5.92 Å². The standard InChI is InChI=1S/C22H43N/c1-3-7-13-19-23-20-14-8-4-2-6-11-17-22(16-10-5-1)18-12-9-15-21-23/h22H,1-21H2. The van der Waals surface area contributed by atoms with Gasteiger partial charge in [0, 0.05) is 0 Å². The van der Waals surface area contributed by atoms with E-state index < -0.39 is 0 Å². The SMILES string of the molecule is C1CCCCN2CCCCCCCCC(CCC1)CCCCC2. The molecule has 136 valence electrons. The van der Waals surface area contributed by atoms with Gasteiger partial charge in [-0.3, -0.25) is 0 Å². The van der Waals surface area contributed by atoms with Gasteiger partial charge in [0.05, 0.1) is 0 Å². The first kappa shape index (κ1) is 19.3. The molecule has 1 heteroatoms. The quantitative estimate of drug-likeness (QED) is 0.466. The fourth-order valence-corrected chi connectivity index (χ4v) is 4.66. The van der Waals surface area contributed by atoms with Crippen molar-refractivity contribution in [2.75, 3.05) is 19.6 Å². The summed E-state index contributed by atoms with van der Waals surface area (Å²) in [6.45, 7) is 4.13. The van der Waals surface area contributed by atoms with Crippen LogP contribution in [0, 0.1) is 5.92 Å². The molecule has 2 heterocycles. The Kier molecular flexibility index (Phi) is 11.1. The number of fused-ring (bicyclic) bond motifs is 6. The van der Waals surface area contributed by atoms with Gasteiger partial charge in [-0.15, -0.1) is 0 Å². The zero-order chi connectivity index (χ0) is 16.0. The number of nitrogens with zero attached hydrogens (tertiary/aromatic N) is 1. The molecule has 0 aromatic rings. The van der Waals surface area contributed by atoms with E-state index in [1.807, 2.05) is 0 Å². The van der Waals surface area contributed by atoms with Crippen LogP contribution in [0.2, 0.25) is 0 Å². The average Bonchev–Trinajstić information content (AvgIpc) is 2.57. The van der Waals surface area contributed by atoms with Gasteiger partial charge in [0.1, 0.15) is 0 Å². The van der Waals surface area contributed by atoms with Crippen LogP contribution in [0.1, 0.15) is 116 Å². The molecule has 0 radical (unpaired) electrons. The van der Waals surface area contributed by atoms with Crippen molar-refractivity contribution >= 4 is 0 Å². The van der Waals surface area contributed by atoms with Gasteiger partial charge < -0.3 is 4.90 Å². The zero-order valence-corrected chi connectivity index (χ0v) is 15.9. The third-order valence-electron chi connectivity index (χ3n) is 6.26. The van der Waals surface area contributed by atoms with Crippen LogP contribution >= 0.6 is 0 Å². The lowest BCUT2D eigenvalue weighted by Crippen LogP contribution is -2.27. The normalized spacial score (nSPS) is 31.3. The Morgan fingerprint density at radius 2 is 0.652 bits per heavy atom. The summed E-state index contributed by atoms with van der Waals surface area (Å²) in [5.41, 5.74) is 0. The van der Waals surface area contributed by atoms with Crippen LogP contribution in [0.5, 0.6) is 0 Å². The van der Waals surface area contributed by atoms with E-state index in [0.29, 0.717) is 0 Å². The molecule has 0 saturated carbocycles. The molecule has 2 fully saturated rings. The van der Waals surface area contributed by atoms with E-state index in [4.69, 9.17) is 0 Å². The fourth-order valence-electron chi connectivity index (χ4n) is 4.66. The predicted molar refractivity (Wildman–Crippen MR) is 103 cm³/mol. The van der Waals surface area contributed by atoms with Crippen molar-refractivity contribution in [3.63, 3.8) is 0 Å². The Morgan fingerprint density at radius 1 is 0.348 bits per heavy atom. The van der Waals surface area contributed by atoms with Gasteiger partial charge in [-0.2, -0.15) is 0 Å². The molecule has 0 aromatic heterocycles. The molecule has 2 bridgehead atoms. The summed E-state index contributed by atoms with van der Waals surface area (Å²) in [5, 5.41) is 0. The van der Waals surface area contributed by atoms with Crippen molar-refractivity contribution in [3.8, 4) is 0 Å². The molecule has 0 N–H and O–H groups in total. The molecule has 0 aromatic carbocycles. The minimum absolute atomic E-state index is 1.06. The Labute approximate surface area is 146 Å². The minimum atomic E-state index is 1.06. The lowest BCUT2D eigenvalue weighted by molar-refractivity contribution is 0.254. The lowest BCUT2D eigenvalue weighted by atomic mass is 9.89. The monoisotopic (exact) mass is 321 g/mol. The second-order valence-corrected chi connectivity index (χ2v) is 8.38. The van der Waals surface area contributed by atoms with Gasteiger partial charge in [-0.25, -0.2) is 0 Å². The zero-order valence-electron chi connectivity index (χ0n) is 15.9. The Balaban J connectivity index is 1.87. The molecule has 0 unspecified atom stereocenters. The molecular weight excluding hydrogens is 278 g/mol. The smallest absolute Gasteiger partial charge is 0.00187 e. The maximum absolute atomic E-state index is 2.80. The van der Waals surface area contributed by atoms with Crippen molar-refractivity contribution < 1.29 is 0 Å². The first-order valence-electron chi connectivity index (χ1n) is 11.2. The van der Waals surface area contributed by atoms with E-state index in [1.54, 1.807) is 0 Å². The maximum atomic E-state index is 2.80. The number of hydrogen-bond acceptors (Lipinski definition) is 1. The maximum Gasteiger partial charge on any atom is -0.00187 e. The van der Waals surface area contributed by atoms with Crippen LogP contribution in [0.15, 0.2) is 0 Å². The Bertz CT molecular complexity index is 217. The molecule has 1 nitrogen and oxygen atoms in total. The largest absolute Gasteiger partial charge is 0.303 e. The summed E-state index contributed by atoms with van der Waals surface area (Å²) in [7, 11) is 0. The first-order chi connectivity index (χ1) is 11.4. The summed E-state index contributed by atoms with van der Waals surface area (Å²) < 4.78 is 0. The van der Waals surface area contributed by atoms with Crippen LogP contribution in [0.3, 0.4) is 0 Å². The molecule has 2 saturated heterocycles. The highest BCUT2D eigenvalue weighted by Crippen LogP contribution is 2.25. The van der Waals surface area contributed by atoms with E-state index in [9.17, 15) is 0 Å². The highest BCUT2D eigenvalue weighted by Gasteiger charge is 2.11. The van der Waals surface area contributed by atoms with E-state index >= 15 is 0 Å². The Morgan fingerprint density at radius 3 is 1.09 bits per heavy atom. The van der Waals surface area contributed by atoms with E-state index in [0.717, 1.165) is 5.92 Å². The highest BCUT2D eigenvalue weighted by atomic mass is 15.1. The van der Waals surface area contributed by atoms with Crippen LogP contribution in [-0.2, 0) is 0 Å². The molecule has 0 atom stereocenters. The third-order valence-corrected chi connectivity index (χ3v) is 6.26. The minimum Gasteiger partial charge on any atom is -0.303 e. The van der Waals surface area contributed by atoms with Gasteiger partial charge in [0.2, 0.25) is 0 Å². The third kappa shape index (κ3) is 9.75. The number of rotatable bonds is 0. The number of hydrogen-bond donors (Lipinski definition) is 0. The van der Waals surface area contributed by atoms with Gasteiger partial charge in [0.25, 0.3) is 0 Å². The summed E-state index contributed by atoms with van der Waals surface area (Å²) in [4.78, 5) is 2.80. The second-order valence-electron chi connectivity index (χ2n) is 8.38. The van der Waals surface area contributed by atoms with Crippen LogP contribution in [0.4, 0.5) is 0 Å². The summed E-state index contributed by atoms with van der Waals surface area (Å²) in [6, 6.07) is 0. The van der Waals surface area contributed by atoms with Crippen LogP contribution < -0.4 is 0 Å². The average molecular weight is 322 g/mol. The summed E-state index contributed by atoms with van der Waals surface area (Å²) >= 11 is 0.